The van der Waals surface area contributed by atoms with Crippen LogP contribution in [0.1, 0.15) is 11.1 Å². The van der Waals surface area contributed by atoms with E-state index in [4.69, 9.17) is 11.6 Å². The zero-order valence-corrected chi connectivity index (χ0v) is 14.2. The third kappa shape index (κ3) is 2.27. The number of aryl methyl sites for hydroxylation is 1. The molecule has 5 nitrogen and oxygen atoms in total. The fourth-order valence-corrected chi connectivity index (χ4v) is 4.54. The number of benzene rings is 1. The molecule has 0 radical (unpaired) electrons. The molecule has 0 N–H and O–H groups in total. The Morgan fingerprint density at radius 1 is 1.30 bits per heavy atom. The van der Waals surface area contributed by atoms with Gasteiger partial charge in [0.15, 0.2) is 10.8 Å². The normalized spacial score (nSPS) is 11.2. The lowest BCUT2D eigenvalue weighted by Gasteiger charge is -2.06. The van der Waals surface area contributed by atoms with E-state index < -0.39 is 0 Å². The van der Waals surface area contributed by atoms with E-state index in [0.29, 0.717) is 10.7 Å². The van der Waals surface area contributed by atoms with Gasteiger partial charge >= 0.3 is 0 Å². The quantitative estimate of drug-likeness (QED) is 0.534. The summed E-state index contributed by atoms with van der Waals surface area (Å²) in [6, 6.07) is 12.2. The molecule has 3 aromatic heterocycles. The van der Waals surface area contributed by atoms with Crippen molar-refractivity contribution in [1.29, 1.82) is 5.26 Å². The highest BCUT2D eigenvalue weighted by atomic mass is 35.5. The highest BCUT2D eigenvalue weighted by Gasteiger charge is 2.17. The number of para-hydroxylation sites is 1. The van der Waals surface area contributed by atoms with E-state index in [9.17, 15) is 5.26 Å². The van der Waals surface area contributed by atoms with Crippen molar-refractivity contribution in [3.63, 3.8) is 0 Å². The molecule has 3 heterocycles. The predicted octanol–water partition coefficient (Wildman–Crippen LogP) is 4.32. The number of nitriles is 1. The van der Waals surface area contributed by atoms with Gasteiger partial charge in [-0.3, -0.25) is 4.40 Å². The number of aromatic nitrogens is 4. The zero-order chi connectivity index (χ0) is 16.0. The van der Waals surface area contributed by atoms with Gasteiger partial charge in [0.05, 0.1) is 5.52 Å². The van der Waals surface area contributed by atoms with Gasteiger partial charge in [0.2, 0.25) is 5.16 Å². The first kappa shape index (κ1) is 14.5. The maximum Gasteiger partial charge on any atom is 0.201 e. The molecule has 0 amide bonds. The van der Waals surface area contributed by atoms with E-state index in [-0.39, 0.29) is 5.15 Å². The van der Waals surface area contributed by atoms with Crippen molar-refractivity contribution < 1.29 is 0 Å². The number of hydrogen-bond donors (Lipinski definition) is 0. The van der Waals surface area contributed by atoms with E-state index in [1.54, 1.807) is 0 Å². The van der Waals surface area contributed by atoms with Crippen LogP contribution in [0.25, 0.3) is 16.6 Å². The van der Waals surface area contributed by atoms with Gasteiger partial charge in [0.25, 0.3) is 0 Å². The molecular weight excluding hydrogens is 350 g/mol. The Labute approximate surface area is 144 Å². The highest BCUT2D eigenvalue weighted by molar-refractivity contribution is 8.01. The molecule has 0 fully saturated rings. The molecule has 0 aliphatic carbocycles. The van der Waals surface area contributed by atoms with Crippen LogP contribution in [-0.2, 0) is 0 Å². The second-order valence-electron chi connectivity index (χ2n) is 4.87. The second-order valence-corrected chi connectivity index (χ2v) is 7.24. The molecule has 1 aromatic carbocycles. The topological polar surface area (TPSA) is 66.9 Å². The van der Waals surface area contributed by atoms with E-state index in [0.717, 1.165) is 26.3 Å². The van der Waals surface area contributed by atoms with Gasteiger partial charge in [-0.05, 0) is 47.9 Å². The summed E-state index contributed by atoms with van der Waals surface area (Å²) in [7, 11) is 0. The van der Waals surface area contributed by atoms with Crippen molar-refractivity contribution >= 4 is 51.4 Å². The largest absolute Gasteiger partial charge is 0.270 e. The summed E-state index contributed by atoms with van der Waals surface area (Å²) in [5.41, 5.74) is 3.34. The molecule has 0 aliphatic rings. The summed E-state index contributed by atoms with van der Waals surface area (Å²) in [4.78, 5) is 0. The first-order chi connectivity index (χ1) is 11.2. The molecule has 0 aliphatic heterocycles. The van der Waals surface area contributed by atoms with Crippen LogP contribution in [0.5, 0.6) is 0 Å². The fourth-order valence-electron chi connectivity index (χ4n) is 2.44. The minimum Gasteiger partial charge on any atom is -0.270 e. The second kappa shape index (κ2) is 5.49. The molecule has 0 atom stereocenters. The van der Waals surface area contributed by atoms with Gasteiger partial charge in [0, 0.05) is 5.39 Å². The van der Waals surface area contributed by atoms with Gasteiger partial charge in [-0.25, -0.2) is 0 Å². The molecule has 0 saturated carbocycles. The lowest BCUT2D eigenvalue weighted by molar-refractivity contribution is 0.941. The van der Waals surface area contributed by atoms with Crippen molar-refractivity contribution in [2.45, 2.75) is 16.3 Å². The molecule has 0 saturated heterocycles. The number of fused-ring (bicyclic) bond motifs is 3. The van der Waals surface area contributed by atoms with Gasteiger partial charge in [-0.2, -0.15) is 9.64 Å². The SMILES string of the molecule is Cc1cc2nnc(Sc3snc(Cl)c3C#N)n2c2ccccc12. The van der Waals surface area contributed by atoms with Crippen LogP contribution in [0, 0.1) is 18.3 Å². The third-order valence-electron chi connectivity index (χ3n) is 3.49. The molecule has 4 aromatic rings. The summed E-state index contributed by atoms with van der Waals surface area (Å²) in [6.45, 7) is 2.06. The van der Waals surface area contributed by atoms with E-state index in [1.807, 2.05) is 28.7 Å². The Kier molecular flexibility index (Phi) is 3.45. The maximum absolute atomic E-state index is 9.21. The van der Waals surface area contributed by atoms with Crippen LogP contribution in [0.15, 0.2) is 39.7 Å². The Morgan fingerprint density at radius 2 is 2.13 bits per heavy atom. The smallest absolute Gasteiger partial charge is 0.201 e. The van der Waals surface area contributed by atoms with Crippen LogP contribution in [0.4, 0.5) is 0 Å². The summed E-state index contributed by atoms with van der Waals surface area (Å²) < 4.78 is 6.74. The predicted molar refractivity (Wildman–Crippen MR) is 91.2 cm³/mol. The van der Waals surface area contributed by atoms with Crippen LogP contribution in [0.2, 0.25) is 5.15 Å². The third-order valence-corrected chi connectivity index (χ3v) is 5.82. The van der Waals surface area contributed by atoms with Crippen LogP contribution >= 0.6 is 34.9 Å². The molecule has 4 rings (SSSR count). The van der Waals surface area contributed by atoms with Gasteiger partial charge < -0.3 is 0 Å². The lowest BCUT2D eigenvalue weighted by Crippen LogP contribution is -1.92. The van der Waals surface area contributed by atoms with Crippen molar-refractivity contribution in [3.05, 3.63) is 46.6 Å². The summed E-state index contributed by atoms with van der Waals surface area (Å²) >= 11 is 8.49. The summed E-state index contributed by atoms with van der Waals surface area (Å²) in [6.07, 6.45) is 0. The van der Waals surface area contributed by atoms with Crippen LogP contribution in [-0.4, -0.2) is 19.0 Å². The average molecular weight is 358 g/mol. The van der Waals surface area contributed by atoms with E-state index in [2.05, 4.69) is 33.6 Å². The number of pyridine rings is 1. The summed E-state index contributed by atoms with van der Waals surface area (Å²) in [5.74, 6) is 0. The Morgan fingerprint density at radius 3 is 2.96 bits per heavy atom. The molecule has 23 heavy (non-hydrogen) atoms. The minimum atomic E-state index is 0.231. The standard InChI is InChI=1S/C15H8ClN5S2/c1-8-6-12-18-19-15(21(12)11-5-3-2-4-9(8)11)22-14-10(7-17)13(16)20-23-14/h2-6H,1H3. The molecule has 0 unspecified atom stereocenters. The summed E-state index contributed by atoms with van der Waals surface area (Å²) in [5, 5.41) is 19.8. The van der Waals surface area contributed by atoms with Gasteiger partial charge in [0.1, 0.15) is 15.8 Å². The van der Waals surface area contributed by atoms with Crippen LogP contribution in [0.3, 0.4) is 0 Å². The van der Waals surface area contributed by atoms with E-state index in [1.165, 1.54) is 23.3 Å². The fraction of sp³-hybridized carbons (Fsp3) is 0.0667. The van der Waals surface area contributed by atoms with E-state index >= 15 is 0 Å². The van der Waals surface area contributed by atoms with Crippen molar-refractivity contribution in [3.8, 4) is 6.07 Å². The van der Waals surface area contributed by atoms with Crippen molar-refractivity contribution in [1.82, 2.24) is 19.0 Å². The Bertz CT molecular complexity index is 1090. The Balaban J connectivity index is 1.95. The average Bonchev–Trinajstić information content (AvgIpc) is 3.12. The lowest BCUT2D eigenvalue weighted by atomic mass is 10.1. The number of halogens is 1. The maximum atomic E-state index is 9.21. The minimum absolute atomic E-state index is 0.231. The molecule has 8 heteroatoms. The Hall–Kier alpha value is -2.14. The van der Waals surface area contributed by atoms with Gasteiger partial charge in [-0.1, -0.05) is 29.8 Å². The molecule has 112 valence electrons. The number of hydrogen-bond acceptors (Lipinski definition) is 6. The first-order valence-corrected chi connectivity index (χ1v) is 8.62. The number of nitrogens with zero attached hydrogens (tertiary/aromatic N) is 5. The van der Waals surface area contributed by atoms with Crippen molar-refractivity contribution in [2.75, 3.05) is 0 Å². The van der Waals surface area contributed by atoms with Gasteiger partial charge in [-0.15, -0.1) is 10.2 Å². The molecule has 0 spiro atoms. The highest BCUT2D eigenvalue weighted by Crippen LogP contribution is 2.37. The van der Waals surface area contributed by atoms with Crippen LogP contribution < -0.4 is 0 Å². The number of rotatable bonds is 2. The zero-order valence-electron chi connectivity index (χ0n) is 11.8. The monoisotopic (exact) mass is 357 g/mol. The molecule has 0 bridgehead atoms. The molecular formula is C15H8ClN5S2. The first-order valence-electron chi connectivity index (χ1n) is 6.65. The van der Waals surface area contributed by atoms with Crippen molar-refractivity contribution in [2.24, 2.45) is 0 Å².